The van der Waals surface area contributed by atoms with E-state index in [0.29, 0.717) is 24.8 Å². The maximum absolute atomic E-state index is 15.1. The number of carbonyl (C=O) groups excluding carboxylic acids is 4. The number of aliphatic hydroxyl groups is 1. The minimum Gasteiger partial charge on any atom is -0.462 e. The largest absolute Gasteiger partial charge is 0.588 e. The Morgan fingerprint density at radius 1 is 0.636 bits per heavy atom. The molecule has 1 amide bonds. The number of aliphatic hydroxyl groups excluding tert-OH is 1. The summed E-state index contributed by atoms with van der Waals surface area (Å²) in [6.07, 6.45) is 10.9. The Morgan fingerprint density at radius 3 is 1.65 bits per heavy atom. The molecular weight excluding hydrogens is 1080 g/mol. The Hall–Kier alpha value is -4.28. The van der Waals surface area contributed by atoms with Crippen LogP contribution < -0.4 is 14.4 Å². The van der Waals surface area contributed by atoms with Gasteiger partial charge in [0.2, 0.25) is 3.79 Å². The van der Waals surface area contributed by atoms with Crippen LogP contribution in [0.3, 0.4) is 0 Å². The summed E-state index contributed by atoms with van der Waals surface area (Å²) in [6.45, 7) is 2.73. The number of amides is 1. The van der Waals surface area contributed by atoms with Crippen LogP contribution in [0.1, 0.15) is 167 Å². The first-order valence-corrected chi connectivity index (χ1v) is 30.1. The van der Waals surface area contributed by atoms with Gasteiger partial charge in [-0.1, -0.05) is 231 Å². The molecule has 6 atom stereocenters. The van der Waals surface area contributed by atoms with Crippen molar-refractivity contribution in [2.24, 2.45) is 0 Å². The second-order valence-corrected chi connectivity index (χ2v) is 23.2. The predicted octanol–water partition coefficient (Wildman–Crippen LogP) is 15.0. The van der Waals surface area contributed by atoms with E-state index < -0.39 is 92.2 Å². The van der Waals surface area contributed by atoms with Crippen LogP contribution in [0.2, 0.25) is 0 Å². The SMILES string of the molecule is CCCCCCCCCCCCCC(=O)O[C@H](CCCCCCCCCCC)CC(=O)O[C@H]1[C@H](OP(=O)(Oc2ccccc2)Oc2ccccc2)[C@@H](COC(=O)OCc2ccccc2)OC(O)[C@@H]1NC(=O)OCC(Cl)(Cl)Cl. The average Bonchev–Trinajstić information content (AvgIpc) is 3.41. The third-order valence-electron chi connectivity index (χ3n) is 12.6. The second kappa shape index (κ2) is 37.6. The average molecular weight is 1160 g/mol. The maximum Gasteiger partial charge on any atom is 0.588 e. The zero-order chi connectivity index (χ0) is 55.6. The topological polar surface area (TPSA) is 201 Å². The van der Waals surface area contributed by atoms with Gasteiger partial charge in [-0.25, -0.2) is 14.2 Å². The van der Waals surface area contributed by atoms with Crippen LogP contribution in [-0.2, 0) is 53.7 Å². The number of benzene rings is 3. The van der Waals surface area contributed by atoms with E-state index >= 15 is 4.57 Å². The molecule has 0 saturated carbocycles. The molecule has 0 aliphatic carbocycles. The minimum absolute atomic E-state index is 0.0358. The molecule has 3 aromatic rings. The van der Waals surface area contributed by atoms with Crippen molar-refractivity contribution in [1.82, 2.24) is 5.32 Å². The first-order chi connectivity index (χ1) is 37.2. The molecule has 1 fully saturated rings. The summed E-state index contributed by atoms with van der Waals surface area (Å²) in [5.41, 5.74) is 0.658. The van der Waals surface area contributed by atoms with Crippen LogP contribution in [-0.4, -0.2) is 83.0 Å². The zero-order valence-electron chi connectivity index (χ0n) is 44.8. The fourth-order valence-electron chi connectivity index (χ4n) is 8.59. The highest BCUT2D eigenvalue weighted by molar-refractivity contribution is 7.49. The molecule has 3 aromatic carbocycles. The van der Waals surface area contributed by atoms with Crippen LogP contribution in [0.5, 0.6) is 11.5 Å². The molecule has 1 unspecified atom stereocenters. The van der Waals surface area contributed by atoms with Crippen LogP contribution in [0.15, 0.2) is 91.0 Å². The summed E-state index contributed by atoms with van der Waals surface area (Å²) < 4.78 is 65.2. The zero-order valence-corrected chi connectivity index (χ0v) is 47.9. The van der Waals surface area contributed by atoms with Crippen LogP contribution in [0.4, 0.5) is 9.59 Å². The van der Waals surface area contributed by atoms with Crippen molar-refractivity contribution in [3.8, 4) is 11.5 Å². The summed E-state index contributed by atoms with van der Waals surface area (Å²) in [5.74, 6) is -1.35. The van der Waals surface area contributed by atoms with E-state index in [0.717, 1.165) is 51.4 Å². The molecule has 0 aromatic heterocycles. The third kappa shape index (κ3) is 28.4. The summed E-state index contributed by atoms with van der Waals surface area (Å²) in [6, 6.07) is 22.8. The van der Waals surface area contributed by atoms with E-state index in [1.165, 1.54) is 88.5 Å². The number of rotatable bonds is 38. The van der Waals surface area contributed by atoms with E-state index in [2.05, 4.69) is 19.2 Å². The number of phosphoric acid groups is 1. The molecule has 1 heterocycles. The lowest BCUT2D eigenvalue weighted by atomic mass is 9.96. The Kier molecular flexibility index (Phi) is 31.8. The Balaban J connectivity index is 1.62. The monoisotopic (exact) mass is 1160 g/mol. The lowest BCUT2D eigenvalue weighted by molar-refractivity contribution is -0.255. The fraction of sp³-hybridized carbons (Fsp3) is 0.614. The Morgan fingerprint density at radius 2 is 1.13 bits per heavy atom. The minimum atomic E-state index is -4.96. The molecule has 2 N–H and O–H groups in total. The first-order valence-electron chi connectivity index (χ1n) is 27.5. The Bertz CT molecular complexity index is 2100. The number of alkyl carbamates (subject to hydrolysis) is 1. The summed E-state index contributed by atoms with van der Waals surface area (Å²) >= 11 is 17.6. The number of nitrogens with one attached hydrogen (secondary N) is 1. The van der Waals surface area contributed by atoms with Crippen molar-refractivity contribution in [1.29, 1.82) is 0 Å². The van der Waals surface area contributed by atoms with Crippen LogP contribution >= 0.6 is 42.6 Å². The van der Waals surface area contributed by atoms with Gasteiger partial charge in [0.1, 0.15) is 55.7 Å². The molecular formula is C57H81Cl3NO15P. The summed E-state index contributed by atoms with van der Waals surface area (Å²) in [5, 5.41) is 14.1. The molecule has 16 nitrogen and oxygen atoms in total. The van der Waals surface area contributed by atoms with Gasteiger partial charge in [-0.2, -0.15) is 0 Å². The van der Waals surface area contributed by atoms with Crippen molar-refractivity contribution in [3.05, 3.63) is 96.6 Å². The normalized spacial score (nSPS) is 17.9. The van der Waals surface area contributed by atoms with Gasteiger partial charge < -0.3 is 47.9 Å². The number of alkyl halides is 3. The molecule has 0 spiro atoms. The summed E-state index contributed by atoms with van der Waals surface area (Å²) in [7, 11) is -4.96. The molecule has 1 saturated heterocycles. The summed E-state index contributed by atoms with van der Waals surface area (Å²) in [4.78, 5) is 54.4. The number of carbonyl (C=O) groups is 4. The van der Waals surface area contributed by atoms with Gasteiger partial charge in [0.25, 0.3) is 0 Å². The Labute approximate surface area is 470 Å². The van der Waals surface area contributed by atoms with E-state index in [1.54, 1.807) is 66.7 Å². The number of esters is 2. The third-order valence-corrected chi connectivity index (χ3v) is 14.3. The molecule has 0 bridgehead atoms. The highest BCUT2D eigenvalue weighted by atomic mass is 35.6. The number of phosphoric ester groups is 1. The number of hydrogen-bond acceptors (Lipinski definition) is 15. The van der Waals surface area contributed by atoms with Gasteiger partial charge in [0.05, 0.1) is 6.42 Å². The maximum atomic E-state index is 15.1. The molecule has 1 aliphatic heterocycles. The molecule has 0 radical (unpaired) electrons. The van der Waals surface area contributed by atoms with Crippen molar-refractivity contribution >= 4 is 66.8 Å². The van der Waals surface area contributed by atoms with Gasteiger partial charge in [0.15, 0.2) is 12.4 Å². The number of para-hydroxylation sites is 2. The van der Waals surface area contributed by atoms with Gasteiger partial charge in [-0.05, 0) is 49.1 Å². The van der Waals surface area contributed by atoms with Crippen LogP contribution in [0.25, 0.3) is 0 Å². The first kappa shape index (κ1) is 65.2. The van der Waals surface area contributed by atoms with E-state index in [1.807, 2.05) is 0 Å². The van der Waals surface area contributed by atoms with Crippen molar-refractivity contribution < 1.29 is 70.8 Å². The van der Waals surface area contributed by atoms with Gasteiger partial charge >= 0.3 is 32.0 Å². The smallest absolute Gasteiger partial charge is 0.462 e. The van der Waals surface area contributed by atoms with E-state index in [-0.39, 0.29) is 24.5 Å². The molecule has 20 heteroatoms. The van der Waals surface area contributed by atoms with Crippen molar-refractivity contribution in [2.75, 3.05) is 13.2 Å². The number of ether oxygens (including phenoxy) is 6. The van der Waals surface area contributed by atoms with E-state index in [9.17, 15) is 24.3 Å². The van der Waals surface area contributed by atoms with Crippen molar-refractivity contribution in [2.45, 2.75) is 209 Å². The molecule has 1 aliphatic rings. The number of unbranched alkanes of at least 4 members (excludes halogenated alkanes) is 18. The van der Waals surface area contributed by atoms with Gasteiger partial charge in [-0.15, -0.1) is 0 Å². The van der Waals surface area contributed by atoms with Gasteiger partial charge in [0, 0.05) is 6.42 Å². The molecule has 4 rings (SSSR count). The van der Waals surface area contributed by atoms with E-state index in [4.69, 9.17) is 76.8 Å². The van der Waals surface area contributed by atoms with Crippen LogP contribution in [0, 0.1) is 0 Å². The highest BCUT2D eigenvalue weighted by Gasteiger charge is 2.54. The molecule has 430 valence electrons. The second-order valence-electron chi connectivity index (χ2n) is 19.3. The fourth-order valence-corrected chi connectivity index (χ4v) is 10.2. The predicted molar refractivity (Wildman–Crippen MR) is 296 cm³/mol. The lowest BCUT2D eigenvalue weighted by Gasteiger charge is -2.44. The lowest BCUT2D eigenvalue weighted by Crippen LogP contribution is -2.66. The van der Waals surface area contributed by atoms with Gasteiger partial charge in [-0.3, -0.25) is 14.1 Å². The molecule has 77 heavy (non-hydrogen) atoms. The quantitative estimate of drug-likeness (QED) is 0.0180. The highest BCUT2D eigenvalue weighted by Crippen LogP contribution is 2.52. The number of hydrogen-bond donors (Lipinski definition) is 2. The van der Waals surface area contributed by atoms with Crippen molar-refractivity contribution in [3.63, 3.8) is 0 Å². The standard InChI is InChI=1S/C57H81Cl3NO15P/c1-3-5-7-9-11-13-14-16-18-20-31-39-49(62)71-47(38-26-19-17-15-12-10-8-6-4-2)40-50(63)73-53-51(61-55(65)70-43-57(58,59)60)54(64)72-48(42-69-56(66)68-41-44-32-24-21-25-33-44)52(53)76-77(67,74-45-34-27-22-28-35-45)75-46-36-29-23-30-37-46/h21-25,27-30,32-37,47-48,51-54,64H,3-20,26,31,38-43H2,1-2H3,(H,61,65)/t47-,48-,51-,52-,53-,54?/m1/s1. The number of halogens is 3.